The number of nitrogen functional groups attached to an aromatic ring is 1. The number of nitrogens with one attached hydrogen (secondary N) is 1. The zero-order valence-corrected chi connectivity index (χ0v) is 12.8. The normalized spacial score (nSPS) is 11.9. The fraction of sp³-hybridized carbons (Fsp3) is 0.182. The summed E-state index contributed by atoms with van der Waals surface area (Å²) in [5.74, 6) is -1.37. The van der Waals surface area contributed by atoms with E-state index in [-0.39, 0.29) is 5.69 Å². The Hall–Kier alpha value is -2.27. The van der Waals surface area contributed by atoms with Crippen LogP contribution in [-0.4, -0.2) is 26.3 Å². The fourth-order valence-electron chi connectivity index (χ4n) is 1.45. The van der Waals surface area contributed by atoms with Gasteiger partial charge in [-0.25, -0.2) is 0 Å². The van der Waals surface area contributed by atoms with Gasteiger partial charge in [0.05, 0.1) is 10.2 Å². The summed E-state index contributed by atoms with van der Waals surface area (Å²) >= 11 is 2.30. The van der Waals surface area contributed by atoms with Crippen molar-refractivity contribution in [3.05, 3.63) is 34.1 Å². The maximum absolute atomic E-state index is 13.2. The highest BCUT2D eigenvalue weighted by atomic mass is 32.2. The average Bonchev–Trinajstić information content (AvgIpc) is 2.85. The number of thioether (sulfide) groups is 1. The van der Waals surface area contributed by atoms with Crippen molar-refractivity contribution in [2.45, 2.75) is 16.5 Å². The topological polar surface area (TPSA) is 124 Å². The molecule has 2 rings (SSSR count). The Balaban J connectivity index is 2.05. The van der Waals surface area contributed by atoms with E-state index in [1.165, 1.54) is 6.07 Å². The maximum Gasteiger partial charge on any atom is 0.306 e. The van der Waals surface area contributed by atoms with Crippen molar-refractivity contribution in [3.8, 4) is 0 Å². The molecule has 0 fully saturated rings. The zero-order chi connectivity index (χ0) is 16.3. The molecule has 2 aromatic rings. The van der Waals surface area contributed by atoms with Crippen molar-refractivity contribution in [1.82, 2.24) is 10.2 Å². The van der Waals surface area contributed by atoms with E-state index in [2.05, 4.69) is 15.5 Å². The molecule has 0 spiro atoms. The minimum atomic E-state index is -0.963. The first kappa shape index (κ1) is 16.1. The molecule has 0 aliphatic rings. The highest BCUT2D eigenvalue weighted by Gasteiger charge is 2.19. The Morgan fingerprint density at radius 2 is 2.27 bits per heavy atom. The van der Waals surface area contributed by atoms with Crippen LogP contribution in [0.3, 0.4) is 0 Å². The Kier molecular flexibility index (Phi) is 4.88. The molecular weight excluding hydrogens is 333 g/mol. The van der Waals surface area contributed by atoms with Gasteiger partial charge in [0.1, 0.15) is 0 Å². The van der Waals surface area contributed by atoms with E-state index in [0.29, 0.717) is 9.47 Å². The number of aromatic nitrogens is 2. The Morgan fingerprint density at radius 3 is 2.86 bits per heavy atom. The van der Waals surface area contributed by atoms with Crippen LogP contribution >= 0.6 is 23.1 Å². The summed E-state index contributed by atoms with van der Waals surface area (Å²) in [6.45, 7) is 1.63. The minimum absolute atomic E-state index is 0.141. The largest absolute Gasteiger partial charge is 0.374 e. The fourth-order valence-corrected chi connectivity index (χ4v) is 3.23. The monoisotopic (exact) mass is 343 g/mol. The first-order valence-electron chi connectivity index (χ1n) is 5.87. The molecule has 0 radical (unpaired) electrons. The standard InChI is InChI=1S/C11H10FN5O3S2/c1-5(21-11-16-15-10(13)22-11)9(18)14-6-2-3-7(12)8(4-6)17(19)20/h2-5H,1H3,(H2,13,15)(H,14,18)/t5-/m1/s1. The van der Waals surface area contributed by atoms with Crippen LogP contribution in [0.25, 0.3) is 0 Å². The Bertz CT molecular complexity index is 724. The third-order valence-corrected chi connectivity index (χ3v) is 4.42. The van der Waals surface area contributed by atoms with Crippen LogP contribution in [0.2, 0.25) is 0 Å². The smallest absolute Gasteiger partial charge is 0.306 e. The first-order chi connectivity index (χ1) is 10.4. The van der Waals surface area contributed by atoms with Crippen LogP contribution in [0, 0.1) is 15.9 Å². The van der Waals surface area contributed by atoms with Crippen molar-refractivity contribution in [2.75, 3.05) is 11.1 Å². The summed E-state index contributed by atoms with van der Waals surface area (Å²) in [6, 6.07) is 3.14. The number of benzene rings is 1. The van der Waals surface area contributed by atoms with E-state index < -0.39 is 27.6 Å². The van der Waals surface area contributed by atoms with Gasteiger partial charge in [-0.1, -0.05) is 23.1 Å². The van der Waals surface area contributed by atoms with E-state index >= 15 is 0 Å². The molecule has 0 saturated carbocycles. The predicted octanol–water partition coefficient (Wildman–Crippen LogP) is 2.29. The lowest BCUT2D eigenvalue weighted by Crippen LogP contribution is -2.22. The van der Waals surface area contributed by atoms with Crippen LogP contribution in [0.1, 0.15) is 6.92 Å². The average molecular weight is 343 g/mol. The summed E-state index contributed by atoms with van der Waals surface area (Å²) < 4.78 is 13.8. The first-order valence-corrected chi connectivity index (χ1v) is 7.57. The lowest BCUT2D eigenvalue weighted by atomic mass is 10.2. The molecule has 8 nitrogen and oxygen atoms in total. The molecular formula is C11H10FN5O3S2. The minimum Gasteiger partial charge on any atom is -0.374 e. The highest BCUT2D eigenvalue weighted by molar-refractivity contribution is 8.02. The number of anilines is 2. The molecule has 1 heterocycles. The van der Waals surface area contributed by atoms with Gasteiger partial charge >= 0.3 is 5.69 Å². The van der Waals surface area contributed by atoms with Crippen LogP contribution in [0.5, 0.6) is 0 Å². The van der Waals surface area contributed by atoms with Gasteiger partial charge in [-0.3, -0.25) is 14.9 Å². The number of hydrogen-bond donors (Lipinski definition) is 2. The van der Waals surface area contributed by atoms with Crippen LogP contribution in [0.15, 0.2) is 22.5 Å². The summed E-state index contributed by atoms with van der Waals surface area (Å²) in [6.07, 6.45) is 0. The molecule has 1 amide bonds. The van der Waals surface area contributed by atoms with E-state index in [1.54, 1.807) is 6.92 Å². The molecule has 1 atom stereocenters. The molecule has 0 saturated heterocycles. The van der Waals surface area contributed by atoms with Crippen LogP contribution in [0.4, 0.5) is 20.9 Å². The highest BCUT2D eigenvalue weighted by Crippen LogP contribution is 2.28. The molecule has 11 heteroatoms. The maximum atomic E-state index is 13.2. The molecule has 1 aromatic carbocycles. The number of nitrogens with two attached hydrogens (primary N) is 1. The van der Waals surface area contributed by atoms with Gasteiger partial charge in [0.15, 0.2) is 4.34 Å². The number of nitrogens with zero attached hydrogens (tertiary/aromatic N) is 3. The summed E-state index contributed by atoms with van der Waals surface area (Å²) in [5.41, 5.74) is 4.89. The van der Waals surface area contributed by atoms with Gasteiger partial charge in [-0.15, -0.1) is 10.2 Å². The van der Waals surface area contributed by atoms with E-state index in [9.17, 15) is 19.3 Å². The van der Waals surface area contributed by atoms with E-state index in [4.69, 9.17) is 5.73 Å². The van der Waals surface area contributed by atoms with E-state index in [0.717, 1.165) is 35.2 Å². The van der Waals surface area contributed by atoms with Gasteiger partial charge in [-0.2, -0.15) is 4.39 Å². The SMILES string of the molecule is C[C@@H](Sc1nnc(N)s1)C(=O)Nc1ccc(F)c([N+](=O)[O-])c1. The van der Waals surface area contributed by atoms with Crippen LogP contribution in [-0.2, 0) is 4.79 Å². The van der Waals surface area contributed by atoms with Gasteiger partial charge < -0.3 is 11.1 Å². The lowest BCUT2D eigenvalue weighted by Gasteiger charge is -2.10. The summed E-state index contributed by atoms with van der Waals surface area (Å²) in [5, 5.41) is 20.3. The lowest BCUT2D eigenvalue weighted by molar-refractivity contribution is -0.387. The number of hydrogen-bond acceptors (Lipinski definition) is 8. The molecule has 116 valence electrons. The molecule has 3 N–H and O–H groups in total. The Labute approximate surface area is 132 Å². The van der Waals surface area contributed by atoms with Crippen molar-refractivity contribution < 1.29 is 14.1 Å². The second kappa shape index (κ2) is 6.66. The third kappa shape index (κ3) is 3.89. The number of amides is 1. The third-order valence-electron chi connectivity index (χ3n) is 2.48. The van der Waals surface area contributed by atoms with E-state index in [1.807, 2.05) is 0 Å². The quantitative estimate of drug-likeness (QED) is 0.485. The number of carbonyl (C=O) groups is 1. The molecule has 22 heavy (non-hydrogen) atoms. The van der Waals surface area contributed by atoms with Crippen LogP contribution < -0.4 is 11.1 Å². The number of carbonyl (C=O) groups excluding carboxylic acids is 1. The van der Waals surface area contributed by atoms with Gasteiger partial charge in [0.25, 0.3) is 0 Å². The van der Waals surface area contributed by atoms with Crippen molar-refractivity contribution >= 4 is 45.5 Å². The van der Waals surface area contributed by atoms with Crippen molar-refractivity contribution in [3.63, 3.8) is 0 Å². The molecule has 0 aliphatic carbocycles. The van der Waals surface area contributed by atoms with Gasteiger partial charge in [-0.05, 0) is 19.1 Å². The summed E-state index contributed by atoms with van der Waals surface area (Å²) in [4.78, 5) is 21.8. The van der Waals surface area contributed by atoms with Gasteiger partial charge in [0, 0.05) is 11.8 Å². The molecule has 0 unspecified atom stereocenters. The molecule has 1 aromatic heterocycles. The molecule has 0 bridgehead atoms. The second-order valence-corrected chi connectivity index (χ2v) is 6.68. The number of nitro groups is 1. The zero-order valence-electron chi connectivity index (χ0n) is 11.1. The predicted molar refractivity (Wildman–Crippen MR) is 81.3 cm³/mol. The van der Waals surface area contributed by atoms with Crippen molar-refractivity contribution in [1.29, 1.82) is 0 Å². The number of rotatable bonds is 5. The van der Waals surface area contributed by atoms with Crippen molar-refractivity contribution in [2.24, 2.45) is 0 Å². The number of halogens is 1. The summed E-state index contributed by atoms with van der Waals surface area (Å²) in [7, 11) is 0. The Morgan fingerprint density at radius 1 is 1.55 bits per heavy atom. The second-order valence-electron chi connectivity index (χ2n) is 4.08. The number of nitro benzene ring substituents is 1. The van der Waals surface area contributed by atoms with Gasteiger partial charge in [0.2, 0.25) is 16.9 Å². The molecule has 0 aliphatic heterocycles.